The van der Waals surface area contributed by atoms with E-state index in [1.54, 1.807) is 12.1 Å². The molecule has 3 unspecified atom stereocenters. The number of nitrogens with zero attached hydrogens (tertiary/aromatic N) is 1. The van der Waals surface area contributed by atoms with Gasteiger partial charge in [0.2, 0.25) is 0 Å². The van der Waals surface area contributed by atoms with Crippen LogP contribution in [0.3, 0.4) is 0 Å². The highest BCUT2D eigenvalue weighted by Crippen LogP contribution is 2.48. The number of rotatable bonds is 3. The average Bonchev–Trinajstić information content (AvgIpc) is 3.32. The van der Waals surface area contributed by atoms with Gasteiger partial charge in [0.25, 0.3) is 0 Å². The Hall–Kier alpha value is -1.67. The third-order valence-corrected chi connectivity index (χ3v) is 7.26. The molecular formula is C24H28FN. The largest absolute Gasteiger partial charge is 0.300 e. The minimum atomic E-state index is -0.112. The molecule has 0 amide bonds. The lowest BCUT2D eigenvalue weighted by atomic mass is 9.83. The van der Waals surface area contributed by atoms with Gasteiger partial charge in [-0.1, -0.05) is 48.9 Å². The summed E-state index contributed by atoms with van der Waals surface area (Å²) in [5.74, 6) is 2.44. The molecule has 136 valence electrons. The molecule has 0 N–H and O–H groups in total. The average molecular weight is 349 g/mol. The van der Waals surface area contributed by atoms with Crippen LogP contribution in [0.1, 0.15) is 50.0 Å². The third-order valence-electron chi connectivity index (χ3n) is 7.26. The van der Waals surface area contributed by atoms with Crippen molar-refractivity contribution in [3.8, 4) is 11.1 Å². The van der Waals surface area contributed by atoms with E-state index in [-0.39, 0.29) is 5.82 Å². The van der Waals surface area contributed by atoms with Gasteiger partial charge in [-0.3, -0.25) is 0 Å². The van der Waals surface area contributed by atoms with E-state index >= 15 is 0 Å². The van der Waals surface area contributed by atoms with Gasteiger partial charge < -0.3 is 4.90 Å². The molecular weight excluding hydrogens is 321 g/mol. The molecule has 2 aliphatic carbocycles. The second kappa shape index (κ2) is 6.81. The summed E-state index contributed by atoms with van der Waals surface area (Å²) in [7, 11) is 0. The first-order chi connectivity index (χ1) is 12.8. The van der Waals surface area contributed by atoms with E-state index in [1.165, 1.54) is 57.2 Å². The van der Waals surface area contributed by atoms with Gasteiger partial charge in [0.1, 0.15) is 5.82 Å². The molecule has 5 rings (SSSR count). The SMILES string of the molecule is Fc1ccccc1-c1ccccc1C1CCN(C2CC3CCC2C3)CC1. The van der Waals surface area contributed by atoms with Crippen molar-refractivity contribution in [2.45, 2.75) is 50.5 Å². The number of piperidine rings is 1. The van der Waals surface area contributed by atoms with E-state index in [0.717, 1.165) is 29.0 Å². The molecule has 1 heterocycles. The van der Waals surface area contributed by atoms with E-state index in [1.807, 2.05) is 18.2 Å². The van der Waals surface area contributed by atoms with Crippen LogP contribution in [0.15, 0.2) is 48.5 Å². The molecule has 2 saturated carbocycles. The minimum Gasteiger partial charge on any atom is -0.300 e. The van der Waals surface area contributed by atoms with Crippen LogP contribution in [-0.2, 0) is 0 Å². The Labute approximate surface area is 156 Å². The van der Waals surface area contributed by atoms with Gasteiger partial charge in [0.05, 0.1) is 0 Å². The van der Waals surface area contributed by atoms with Gasteiger partial charge in [-0.25, -0.2) is 4.39 Å². The standard InChI is InChI=1S/C24H28FN/c25-23-8-4-3-7-22(23)21-6-2-1-5-20(21)18-11-13-26(14-12-18)24-16-17-9-10-19(24)15-17/h1-8,17-19,24H,9-16H2. The molecule has 2 aromatic rings. The van der Waals surface area contributed by atoms with Crippen molar-refractivity contribution in [3.63, 3.8) is 0 Å². The molecule has 1 saturated heterocycles. The Kier molecular flexibility index (Phi) is 4.32. The molecule has 0 radical (unpaired) electrons. The normalized spacial score (nSPS) is 29.3. The first-order valence-electron chi connectivity index (χ1n) is 10.4. The second-order valence-corrected chi connectivity index (χ2v) is 8.62. The fraction of sp³-hybridized carbons (Fsp3) is 0.500. The van der Waals surface area contributed by atoms with Crippen LogP contribution in [0.2, 0.25) is 0 Å². The summed E-state index contributed by atoms with van der Waals surface area (Å²) in [6, 6.07) is 16.5. The number of likely N-dealkylation sites (tertiary alicyclic amines) is 1. The van der Waals surface area contributed by atoms with Crippen LogP contribution in [-0.4, -0.2) is 24.0 Å². The monoisotopic (exact) mass is 349 g/mol. The molecule has 1 nitrogen and oxygen atoms in total. The maximum absolute atomic E-state index is 14.4. The van der Waals surface area contributed by atoms with Gasteiger partial charge in [0, 0.05) is 11.6 Å². The lowest BCUT2D eigenvalue weighted by Crippen LogP contribution is -2.43. The summed E-state index contributed by atoms with van der Waals surface area (Å²) in [4.78, 5) is 2.78. The van der Waals surface area contributed by atoms with Crippen LogP contribution in [0.4, 0.5) is 4.39 Å². The van der Waals surface area contributed by atoms with Crippen LogP contribution in [0.25, 0.3) is 11.1 Å². The quantitative estimate of drug-likeness (QED) is 0.671. The fourth-order valence-corrected chi connectivity index (χ4v) is 5.98. The highest BCUT2D eigenvalue weighted by molar-refractivity contribution is 5.68. The summed E-state index contributed by atoms with van der Waals surface area (Å²) in [6.45, 7) is 2.42. The van der Waals surface area contributed by atoms with Crippen molar-refractivity contribution in [1.29, 1.82) is 0 Å². The minimum absolute atomic E-state index is 0.112. The molecule has 0 aromatic heterocycles. The summed E-state index contributed by atoms with van der Waals surface area (Å²) < 4.78 is 14.4. The molecule has 26 heavy (non-hydrogen) atoms. The van der Waals surface area contributed by atoms with E-state index in [2.05, 4.69) is 23.1 Å². The van der Waals surface area contributed by atoms with Crippen molar-refractivity contribution in [1.82, 2.24) is 4.90 Å². The number of fused-ring (bicyclic) bond motifs is 2. The van der Waals surface area contributed by atoms with Gasteiger partial charge in [-0.2, -0.15) is 0 Å². The van der Waals surface area contributed by atoms with Crippen LogP contribution in [0, 0.1) is 17.7 Å². The number of halogens is 1. The van der Waals surface area contributed by atoms with Crippen molar-refractivity contribution in [3.05, 3.63) is 59.9 Å². The maximum Gasteiger partial charge on any atom is 0.131 e. The summed E-state index contributed by atoms with van der Waals surface area (Å²) in [5.41, 5.74) is 3.17. The topological polar surface area (TPSA) is 3.24 Å². The Morgan fingerprint density at radius 1 is 0.769 bits per heavy atom. The van der Waals surface area contributed by atoms with Crippen LogP contribution in [0.5, 0.6) is 0 Å². The van der Waals surface area contributed by atoms with Gasteiger partial charge >= 0.3 is 0 Å². The van der Waals surface area contributed by atoms with E-state index < -0.39 is 0 Å². The van der Waals surface area contributed by atoms with E-state index in [4.69, 9.17) is 0 Å². The predicted octanol–water partition coefficient (Wildman–Crippen LogP) is 5.86. The Morgan fingerprint density at radius 2 is 1.50 bits per heavy atom. The highest BCUT2D eigenvalue weighted by atomic mass is 19.1. The lowest BCUT2D eigenvalue weighted by molar-refractivity contribution is 0.111. The molecule has 2 aromatic carbocycles. The zero-order chi connectivity index (χ0) is 17.5. The molecule has 0 spiro atoms. The van der Waals surface area contributed by atoms with Gasteiger partial charge in [-0.05, 0) is 80.1 Å². The summed E-state index contributed by atoms with van der Waals surface area (Å²) in [5, 5.41) is 0. The maximum atomic E-state index is 14.4. The summed E-state index contributed by atoms with van der Waals surface area (Å²) >= 11 is 0. The summed E-state index contributed by atoms with van der Waals surface area (Å²) in [6.07, 6.45) is 8.29. The van der Waals surface area contributed by atoms with Crippen molar-refractivity contribution in [2.24, 2.45) is 11.8 Å². The number of benzene rings is 2. The zero-order valence-corrected chi connectivity index (χ0v) is 15.4. The smallest absolute Gasteiger partial charge is 0.131 e. The molecule has 3 atom stereocenters. The molecule has 3 fully saturated rings. The molecule has 2 heteroatoms. The first kappa shape index (κ1) is 16.5. The third kappa shape index (κ3) is 2.89. The number of hydrogen-bond donors (Lipinski definition) is 0. The highest BCUT2D eigenvalue weighted by Gasteiger charge is 2.42. The molecule has 2 bridgehead atoms. The second-order valence-electron chi connectivity index (χ2n) is 8.62. The Morgan fingerprint density at radius 3 is 2.19 bits per heavy atom. The van der Waals surface area contributed by atoms with E-state index in [0.29, 0.717) is 5.92 Å². The van der Waals surface area contributed by atoms with Gasteiger partial charge in [-0.15, -0.1) is 0 Å². The predicted molar refractivity (Wildman–Crippen MR) is 105 cm³/mol. The van der Waals surface area contributed by atoms with Crippen molar-refractivity contribution < 1.29 is 4.39 Å². The Bertz CT molecular complexity index is 777. The molecule has 3 aliphatic rings. The molecule has 1 aliphatic heterocycles. The van der Waals surface area contributed by atoms with E-state index in [9.17, 15) is 4.39 Å². The fourth-order valence-electron chi connectivity index (χ4n) is 5.98. The van der Waals surface area contributed by atoms with Gasteiger partial charge in [0.15, 0.2) is 0 Å². The van der Waals surface area contributed by atoms with Crippen molar-refractivity contribution in [2.75, 3.05) is 13.1 Å². The lowest BCUT2D eigenvalue weighted by Gasteiger charge is -2.40. The zero-order valence-electron chi connectivity index (χ0n) is 15.4. The van der Waals surface area contributed by atoms with Crippen molar-refractivity contribution >= 4 is 0 Å². The van der Waals surface area contributed by atoms with Crippen LogP contribution >= 0.6 is 0 Å². The Balaban J connectivity index is 1.34. The first-order valence-corrected chi connectivity index (χ1v) is 10.4. The van der Waals surface area contributed by atoms with Crippen LogP contribution < -0.4 is 0 Å². The number of hydrogen-bond acceptors (Lipinski definition) is 1.